The Balaban J connectivity index is 1.46. The van der Waals surface area contributed by atoms with Crippen LogP contribution in [0.5, 0.6) is 0 Å². The van der Waals surface area contributed by atoms with Crippen LogP contribution in [0, 0.1) is 11.7 Å². The third kappa shape index (κ3) is 5.45. The van der Waals surface area contributed by atoms with Crippen molar-refractivity contribution in [3.05, 3.63) is 58.6 Å². The van der Waals surface area contributed by atoms with E-state index < -0.39 is 5.82 Å². The van der Waals surface area contributed by atoms with Gasteiger partial charge in [-0.15, -0.1) is 0 Å². The number of ketones is 1. The second kappa shape index (κ2) is 9.02. The molecule has 7 nitrogen and oxygen atoms in total. The number of hydrogen-bond acceptors (Lipinski definition) is 6. The second-order valence-corrected chi connectivity index (χ2v) is 9.62. The Morgan fingerprint density at radius 1 is 1.24 bits per heavy atom. The van der Waals surface area contributed by atoms with Gasteiger partial charge in [0.2, 0.25) is 23.4 Å². The van der Waals surface area contributed by atoms with Gasteiger partial charge in [0.1, 0.15) is 11.6 Å². The summed E-state index contributed by atoms with van der Waals surface area (Å²) in [5, 5.41) is 6.85. The quantitative estimate of drug-likeness (QED) is 0.465. The van der Waals surface area contributed by atoms with Crippen molar-refractivity contribution in [2.24, 2.45) is 5.92 Å². The minimum absolute atomic E-state index is 0.00528. The lowest BCUT2D eigenvalue weighted by molar-refractivity contribution is -0.117. The zero-order valence-corrected chi connectivity index (χ0v) is 19.4. The average Bonchev–Trinajstić information content (AvgIpc) is 3.49. The van der Waals surface area contributed by atoms with Crippen molar-refractivity contribution in [1.29, 1.82) is 0 Å². The molecule has 0 radical (unpaired) electrons. The Kier molecular flexibility index (Phi) is 6.30. The highest BCUT2D eigenvalue weighted by Crippen LogP contribution is 2.32. The number of carbonyl (C=O) groups is 2. The Morgan fingerprint density at radius 3 is 2.67 bits per heavy atom. The molecule has 0 unspecified atom stereocenters. The van der Waals surface area contributed by atoms with Gasteiger partial charge < -0.3 is 9.84 Å². The number of benzene rings is 1. The minimum Gasteiger partial charge on any atom is -0.338 e. The van der Waals surface area contributed by atoms with Crippen LogP contribution in [0.25, 0.3) is 11.1 Å². The van der Waals surface area contributed by atoms with Crippen LogP contribution in [0.1, 0.15) is 62.1 Å². The number of aromatic nitrogens is 3. The largest absolute Gasteiger partial charge is 0.338 e. The number of nitrogens with zero attached hydrogens (tertiary/aromatic N) is 3. The van der Waals surface area contributed by atoms with E-state index in [1.54, 1.807) is 12.1 Å². The number of pyridine rings is 1. The van der Waals surface area contributed by atoms with Crippen molar-refractivity contribution in [2.45, 2.75) is 51.9 Å². The molecule has 4 rings (SSSR count). The number of amides is 1. The zero-order chi connectivity index (χ0) is 23.8. The molecule has 172 valence electrons. The summed E-state index contributed by atoms with van der Waals surface area (Å²) in [6, 6.07) is 6.10. The predicted molar refractivity (Wildman–Crippen MR) is 122 cm³/mol. The van der Waals surface area contributed by atoms with Crippen LogP contribution < -0.4 is 5.32 Å². The number of hydrogen-bond donors (Lipinski definition) is 1. The molecule has 1 aromatic carbocycles. The van der Waals surface area contributed by atoms with E-state index in [2.05, 4.69) is 20.4 Å². The molecule has 0 spiro atoms. The molecule has 1 saturated carbocycles. The molecule has 0 atom stereocenters. The van der Waals surface area contributed by atoms with E-state index in [4.69, 9.17) is 16.1 Å². The van der Waals surface area contributed by atoms with Gasteiger partial charge in [-0.25, -0.2) is 9.37 Å². The molecular weight excluding hydrogens is 447 g/mol. The maximum Gasteiger partial charge on any atom is 0.238 e. The topological polar surface area (TPSA) is 98.0 Å². The predicted octanol–water partition coefficient (Wildman–Crippen LogP) is 5.39. The van der Waals surface area contributed by atoms with Gasteiger partial charge in [0.05, 0.1) is 0 Å². The molecule has 0 saturated heterocycles. The smallest absolute Gasteiger partial charge is 0.238 e. The summed E-state index contributed by atoms with van der Waals surface area (Å²) in [6.45, 7) is 5.73. The van der Waals surface area contributed by atoms with E-state index in [-0.39, 0.29) is 47.3 Å². The Morgan fingerprint density at radius 2 is 2.00 bits per heavy atom. The first-order valence-electron chi connectivity index (χ1n) is 10.7. The standard InChI is InChI=1S/C24H24ClFN4O3/c1-24(2,3)23-29-21(30-33-23)19(31)7-6-15-10-18(26)16(12-17(15)25)14-8-9-27-20(11-14)28-22(32)13-4-5-13/h8-13H,4-7H2,1-3H3,(H,27,28,32). The molecule has 3 aromatic rings. The first kappa shape index (κ1) is 23.0. The van der Waals surface area contributed by atoms with Gasteiger partial charge in [-0.05, 0) is 54.7 Å². The maximum absolute atomic E-state index is 14.9. The van der Waals surface area contributed by atoms with Crippen LogP contribution in [0.4, 0.5) is 10.2 Å². The number of halogens is 2. The molecule has 0 bridgehead atoms. The molecule has 33 heavy (non-hydrogen) atoms. The fourth-order valence-electron chi connectivity index (χ4n) is 3.24. The van der Waals surface area contributed by atoms with Gasteiger partial charge >= 0.3 is 0 Å². The molecule has 1 aliphatic carbocycles. The summed E-state index contributed by atoms with van der Waals surface area (Å²) in [5.74, 6) is -0.0769. The van der Waals surface area contributed by atoms with Crippen LogP contribution in [0.15, 0.2) is 35.0 Å². The van der Waals surface area contributed by atoms with Crippen LogP contribution in [-0.4, -0.2) is 26.8 Å². The lowest BCUT2D eigenvalue weighted by Crippen LogP contribution is -2.14. The van der Waals surface area contributed by atoms with Crippen LogP contribution in [0.3, 0.4) is 0 Å². The Hall–Kier alpha value is -3.13. The van der Waals surface area contributed by atoms with Crippen molar-refractivity contribution >= 4 is 29.1 Å². The van der Waals surface area contributed by atoms with E-state index in [1.165, 1.54) is 18.3 Å². The monoisotopic (exact) mass is 470 g/mol. The van der Waals surface area contributed by atoms with E-state index in [1.807, 2.05) is 20.8 Å². The number of aryl methyl sites for hydroxylation is 1. The molecule has 1 amide bonds. The zero-order valence-electron chi connectivity index (χ0n) is 18.6. The maximum atomic E-state index is 14.9. The molecule has 1 N–H and O–H groups in total. The number of carbonyl (C=O) groups excluding carboxylic acids is 2. The molecule has 2 heterocycles. The van der Waals surface area contributed by atoms with E-state index in [0.717, 1.165) is 12.8 Å². The number of rotatable bonds is 7. The number of nitrogens with one attached hydrogen (secondary N) is 1. The van der Waals surface area contributed by atoms with E-state index >= 15 is 0 Å². The molecular formula is C24H24ClFN4O3. The highest BCUT2D eigenvalue weighted by molar-refractivity contribution is 6.31. The first-order chi connectivity index (χ1) is 15.6. The first-order valence-corrected chi connectivity index (χ1v) is 11.1. The van der Waals surface area contributed by atoms with Crippen molar-refractivity contribution in [3.8, 4) is 11.1 Å². The van der Waals surface area contributed by atoms with Gasteiger partial charge in [-0.1, -0.05) is 37.5 Å². The van der Waals surface area contributed by atoms with Gasteiger partial charge in [0, 0.05) is 34.5 Å². The summed E-state index contributed by atoms with van der Waals surface area (Å²) < 4.78 is 20.1. The highest BCUT2D eigenvalue weighted by Gasteiger charge is 2.30. The van der Waals surface area contributed by atoms with Crippen molar-refractivity contribution < 1.29 is 18.5 Å². The van der Waals surface area contributed by atoms with Crippen LogP contribution in [-0.2, 0) is 16.6 Å². The average molecular weight is 471 g/mol. The Bertz CT molecular complexity index is 1210. The number of anilines is 1. The normalized spacial score (nSPS) is 13.7. The van der Waals surface area contributed by atoms with Gasteiger partial charge in [0.25, 0.3) is 0 Å². The summed E-state index contributed by atoms with van der Waals surface area (Å²) in [6.07, 6.45) is 3.56. The molecule has 2 aromatic heterocycles. The van der Waals surface area contributed by atoms with Gasteiger partial charge in [-0.2, -0.15) is 4.98 Å². The summed E-state index contributed by atoms with van der Waals surface area (Å²) in [5.41, 5.74) is 0.968. The second-order valence-electron chi connectivity index (χ2n) is 9.21. The number of Topliss-reactive ketones (excluding diaryl/α,β-unsaturated/α-hetero) is 1. The lowest BCUT2D eigenvalue weighted by atomic mass is 9.97. The minimum atomic E-state index is -0.484. The van der Waals surface area contributed by atoms with Crippen molar-refractivity contribution in [2.75, 3.05) is 5.32 Å². The van der Waals surface area contributed by atoms with E-state index in [9.17, 15) is 14.0 Å². The molecule has 9 heteroatoms. The highest BCUT2D eigenvalue weighted by atomic mass is 35.5. The van der Waals surface area contributed by atoms with Crippen LogP contribution >= 0.6 is 11.6 Å². The van der Waals surface area contributed by atoms with Crippen molar-refractivity contribution in [1.82, 2.24) is 15.1 Å². The Labute approximate surface area is 195 Å². The lowest BCUT2D eigenvalue weighted by Gasteiger charge is -2.11. The third-order valence-corrected chi connectivity index (χ3v) is 5.70. The fraction of sp³-hybridized carbons (Fsp3) is 0.375. The van der Waals surface area contributed by atoms with Crippen LogP contribution in [0.2, 0.25) is 5.02 Å². The van der Waals surface area contributed by atoms with E-state index in [0.29, 0.717) is 27.9 Å². The van der Waals surface area contributed by atoms with Gasteiger partial charge in [0.15, 0.2) is 0 Å². The molecule has 1 aliphatic rings. The summed E-state index contributed by atoms with van der Waals surface area (Å²) >= 11 is 6.41. The molecule has 0 aliphatic heterocycles. The SMILES string of the molecule is CC(C)(C)c1nc(C(=O)CCc2cc(F)c(-c3ccnc(NC(=O)C4CC4)c3)cc2Cl)no1. The fourth-order valence-corrected chi connectivity index (χ4v) is 3.50. The van der Waals surface area contributed by atoms with Crippen molar-refractivity contribution in [3.63, 3.8) is 0 Å². The summed E-state index contributed by atoms with van der Waals surface area (Å²) in [4.78, 5) is 32.7. The summed E-state index contributed by atoms with van der Waals surface area (Å²) in [7, 11) is 0. The van der Waals surface area contributed by atoms with Gasteiger partial charge in [-0.3, -0.25) is 9.59 Å². The molecule has 1 fully saturated rings. The third-order valence-electron chi connectivity index (χ3n) is 5.34.